The quantitative estimate of drug-likeness (QED) is 0.944. The van der Waals surface area contributed by atoms with Crippen molar-refractivity contribution in [2.24, 2.45) is 0 Å². The lowest BCUT2D eigenvalue weighted by molar-refractivity contribution is 0.712. The van der Waals surface area contributed by atoms with E-state index in [1.54, 1.807) is 17.5 Å². The molecule has 0 aromatic carbocycles. The van der Waals surface area contributed by atoms with E-state index in [-0.39, 0.29) is 6.04 Å². The maximum Gasteiger partial charge on any atom is 0.0806 e. The molecule has 0 aliphatic carbocycles. The van der Waals surface area contributed by atoms with Gasteiger partial charge in [-0.2, -0.15) is 0 Å². The fourth-order valence-electron chi connectivity index (χ4n) is 1.22. The van der Waals surface area contributed by atoms with Crippen molar-refractivity contribution in [2.75, 3.05) is 7.05 Å². The standard InChI is InChI=1S/C8H8BrN3S2/c1-10-7(6-4-11-12-14-6)8-5(9)2-3-13-8/h2-4,7,10H,1H3. The molecule has 3 nitrogen and oxygen atoms in total. The van der Waals surface area contributed by atoms with Crippen molar-refractivity contribution in [2.45, 2.75) is 6.04 Å². The van der Waals surface area contributed by atoms with Crippen LogP contribution in [0.15, 0.2) is 22.1 Å². The monoisotopic (exact) mass is 289 g/mol. The van der Waals surface area contributed by atoms with Crippen LogP contribution in [-0.4, -0.2) is 16.6 Å². The zero-order valence-corrected chi connectivity index (χ0v) is 10.6. The van der Waals surface area contributed by atoms with Crippen LogP contribution in [0.3, 0.4) is 0 Å². The van der Waals surface area contributed by atoms with Gasteiger partial charge in [0.05, 0.1) is 17.1 Å². The highest BCUT2D eigenvalue weighted by Gasteiger charge is 2.17. The molecular weight excluding hydrogens is 282 g/mol. The molecule has 0 spiro atoms. The molecule has 0 saturated heterocycles. The molecule has 1 atom stereocenters. The van der Waals surface area contributed by atoms with Crippen molar-refractivity contribution in [1.82, 2.24) is 14.9 Å². The van der Waals surface area contributed by atoms with E-state index in [2.05, 4.69) is 42.3 Å². The molecule has 2 heterocycles. The molecule has 0 aliphatic heterocycles. The van der Waals surface area contributed by atoms with E-state index in [1.807, 2.05) is 7.05 Å². The molecule has 1 N–H and O–H groups in total. The van der Waals surface area contributed by atoms with Crippen LogP contribution < -0.4 is 5.32 Å². The Bertz CT molecular complexity index is 398. The van der Waals surface area contributed by atoms with Crippen LogP contribution in [0.2, 0.25) is 0 Å². The smallest absolute Gasteiger partial charge is 0.0806 e. The average molecular weight is 290 g/mol. The Balaban J connectivity index is 2.36. The van der Waals surface area contributed by atoms with E-state index < -0.39 is 0 Å². The maximum absolute atomic E-state index is 3.87. The Morgan fingerprint density at radius 3 is 2.93 bits per heavy atom. The first-order valence-electron chi connectivity index (χ1n) is 4.00. The molecule has 2 aromatic rings. The lowest BCUT2D eigenvalue weighted by Gasteiger charge is -2.11. The number of hydrogen-bond acceptors (Lipinski definition) is 5. The van der Waals surface area contributed by atoms with Gasteiger partial charge in [0.2, 0.25) is 0 Å². The molecule has 0 saturated carbocycles. The van der Waals surface area contributed by atoms with Gasteiger partial charge in [-0.25, -0.2) is 0 Å². The summed E-state index contributed by atoms with van der Waals surface area (Å²) in [5.41, 5.74) is 0. The summed E-state index contributed by atoms with van der Waals surface area (Å²) < 4.78 is 5.01. The molecule has 14 heavy (non-hydrogen) atoms. The third kappa shape index (κ3) is 1.88. The Kier molecular flexibility index (Phi) is 3.27. The molecule has 74 valence electrons. The van der Waals surface area contributed by atoms with Gasteiger partial charge in [-0.1, -0.05) is 4.49 Å². The number of aromatic nitrogens is 2. The van der Waals surface area contributed by atoms with Gasteiger partial charge in [-0.05, 0) is 46.0 Å². The summed E-state index contributed by atoms with van der Waals surface area (Å²) >= 11 is 6.67. The molecule has 0 amide bonds. The third-order valence-electron chi connectivity index (χ3n) is 1.86. The lowest BCUT2D eigenvalue weighted by Crippen LogP contribution is -2.15. The van der Waals surface area contributed by atoms with E-state index in [9.17, 15) is 0 Å². The van der Waals surface area contributed by atoms with Gasteiger partial charge in [-0.15, -0.1) is 16.4 Å². The minimum atomic E-state index is 0.198. The van der Waals surface area contributed by atoms with Crippen LogP contribution >= 0.6 is 38.8 Å². The summed E-state index contributed by atoms with van der Waals surface area (Å²) in [6.45, 7) is 0. The second-order valence-electron chi connectivity index (χ2n) is 2.67. The largest absolute Gasteiger partial charge is 0.308 e. The molecule has 2 rings (SSSR count). The first-order chi connectivity index (χ1) is 6.83. The highest BCUT2D eigenvalue weighted by Crippen LogP contribution is 2.33. The molecule has 0 radical (unpaired) electrons. The summed E-state index contributed by atoms with van der Waals surface area (Å²) in [4.78, 5) is 2.40. The highest BCUT2D eigenvalue weighted by molar-refractivity contribution is 9.10. The molecule has 0 bridgehead atoms. The Morgan fingerprint density at radius 1 is 1.57 bits per heavy atom. The van der Waals surface area contributed by atoms with E-state index >= 15 is 0 Å². The average Bonchev–Trinajstić information content (AvgIpc) is 2.80. The van der Waals surface area contributed by atoms with Gasteiger partial charge in [-0.3, -0.25) is 0 Å². The van der Waals surface area contributed by atoms with Gasteiger partial charge in [0.15, 0.2) is 0 Å². The van der Waals surface area contributed by atoms with Crippen molar-refractivity contribution >= 4 is 38.8 Å². The van der Waals surface area contributed by atoms with Crippen LogP contribution in [0.1, 0.15) is 15.8 Å². The highest BCUT2D eigenvalue weighted by atomic mass is 79.9. The van der Waals surface area contributed by atoms with Gasteiger partial charge in [0, 0.05) is 9.35 Å². The number of nitrogens with one attached hydrogen (secondary N) is 1. The molecule has 1 unspecified atom stereocenters. The van der Waals surface area contributed by atoms with E-state index in [0.717, 1.165) is 9.35 Å². The van der Waals surface area contributed by atoms with Crippen molar-refractivity contribution in [3.8, 4) is 0 Å². The van der Waals surface area contributed by atoms with Crippen molar-refractivity contribution in [1.29, 1.82) is 0 Å². The van der Waals surface area contributed by atoms with E-state index in [4.69, 9.17) is 0 Å². The minimum Gasteiger partial charge on any atom is -0.308 e. The topological polar surface area (TPSA) is 37.8 Å². The predicted molar refractivity (Wildman–Crippen MR) is 62.8 cm³/mol. The van der Waals surface area contributed by atoms with Crippen LogP contribution in [0, 0.1) is 0 Å². The SMILES string of the molecule is CNC(c1cnns1)c1sccc1Br. The lowest BCUT2D eigenvalue weighted by atomic mass is 10.2. The predicted octanol–water partition coefficient (Wildman–Crippen LogP) is 2.67. The minimum absolute atomic E-state index is 0.198. The zero-order valence-electron chi connectivity index (χ0n) is 7.40. The summed E-state index contributed by atoms with van der Waals surface area (Å²) in [7, 11) is 1.94. The number of thiophene rings is 1. The summed E-state index contributed by atoms with van der Waals surface area (Å²) in [5, 5.41) is 9.17. The fourth-order valence-corrected chi connectivity index (χ4v) is 3.64. The second-order valence-corrected chi connectivity index (χ2v) is 5.29. The summed E-state index contributed by atoms with van der Waals surface area (Å²) in [6, 6.07) is 2.25. The Labute approximate surface area is 98.5 Å². The van der Waals surface area contributed by atoms with Gasteiger partial charge in [0.1, 0.15) is 0 Å². The van der Waals surface area contributed by atoms with Gasteiger partial charge < -0.3 is 5.32 Å². The van der Waals surface area contributed by atoms with Crippen molar-refractivity contribution in [3.05, 3.63) is 31.9 Å². The van der Waals surface area contributed by atoms with Gasteiger partial charge in [0.25, 0.3) is 0 Å². The number of halogens is 1. The van der Waals surface area contributed by atoms with E-state index in [1.165, 1.54) is 16.4 Å². The van der Waals surface area contributed by atoms with Crippen molar-refractivity contribution < 1.29 is 0 Å². The van der Waals surface area contributed by atoms with Crippen LogP contribution in [-0.2, 0) is 0 Å². The Hall–Kier alpha value is -0.300. The summed E-state index contributed by atoms with van der Waals surface area (Å²) in [5.74, 6) is 0. The first-order valence-corrected chi connectivity index (χ1v) is 6.45. The number of rotatable bonds is 3. The van der Waals surface area contributed by atoms with E-state index in [0.29, 0.717) is 0 Å². The van der Waals surface area contributed by atoms with Crippen molar-refractivity contribution in [3.63, 3.8) is 0 Å². The molecule has 2 aromatic heterocycles. The van der Waals surface area contributed by atoms with Crippen LogP contribution in [0.25, 0.3) is 0 Å². The normalized spacial score (nSPS) is 13.0. The van der Waals surface area contributed by atoms with Crippen LogP contribution in [0.4, 0.5) is 0 Å². The Morgan fingerprint density at radius 2 is 2.43 bits per heavy atom. The van der Waals surface area contributed by atoms with Crippen LogP contribution in [0.5, 0.6) is 0 Å². The summed E-state index contributed by atoms with van der Waals surface area (Å²) in [6.07, 6.45) is 1.80. The molecule has 0 fully saturated rings. The molecule has 0 aliphatic rings. The van der Waals surface area contributed by atoms with Gasteiger partial charge >= 0.3 is 0 Å². The second kappa shape index (κ2) is 4.48. The zero-order chi connectivity index (χ0) is 9.97. The third-order valence-corrected chi connectivity index (χ3v) is 4.52. The first kappa shape index (κ1) is 10.2. The fraction of sp³-hybridized carbons (Fsp3) is 0.250. The number of hydrogen-bond donors (Lipinski definition) is 1. The molecule has 6 heteroatoms. The maximum atomic E-state index is 3.87. The molecular formula is C8H8BrN3S2. The number of nitrogens with zero attached hydrogens (tertiary/aromatic N) is 2.